The van der Waals surface area contributed by atoms with Crippen LogP contribution in [0.5, 0.6) is 0 Å². The Morgan fingerprint density at radius 3 is 2.57 bits per heavy atom. The number of carboxylic acids is 1. The zero-order valence-electron chi connectivity index (χ0n) is 23.8. The second kappa shape index (κ2) is 10.4. The number of likely N-dealkylation sites (tertiary alicyclic amines) is 1. The largest absolute Gasteiger partial charge is 0.477 e. The fourth-order valence-corrected chi connectivity index (χ4v) is 6.05. The van der Waals surface area contributed by atoms with Gasteiger partial charge in [0.25, 0.3) is 0 Å². The summed E-state index contributed by atoms with van der Waals surface area (Å²) in [7, 11) is 7.25. The van der Waals surface area contributed by atoms with Crippen LogP contribution in [0.15, 0.2) is 35.5 Å². The van der Waals surface area contributed by atoms with Gasteiger partial charge in [-0.3, -0.25) is 4.79 Å². The molecule has 5 heterocycles. The number of hydrogen-bond acceptors (Lipinski definition) is 7. The number of nitrogens with zero attached hydrogens (tertiary/aromatic N) is 5. The van der Waals surface area contributed by atoms with E-state index in [1.807, 2.05) is 0 Å². The standard InChI is InChI=1S/C30H31F2N7O3/c1-33-21-10-20(31)24(32)22-23-26(37(2)3)18(12-34-28(23)36-25(21)22)16-9-17-27(40)19(30(41)42)14-39(29(17)35-11-16)13-15-5-7-38(4)8-6-15/h9-12,14-15,33H,5-8,13H2,1-4H3,(H,34,36)(H,41,42). The molecule has 6 rings (SSSR count). The number of benzene rings is 1. The van der Waals surface area contributed by atoms with E-state index in [1.165, 1.54) is 6.20 Å². The quantitative estimate of drug-likeness (QED) is 0.271. The maximum Gasteiger partial charge on any atom is 0.341 e. The van der Waals surface area contributed by atoms with Gasteiger partial charge in [0.05, 0.1) is 33.1 Å². The van der Waals surface area contributed by atoms with E-state index in [1.54, 1.807) is 49.1 Å². The van der Waals surface area contributed by atoms with Crippen LogP contribution in [0.2, 0.25) is 0 Å². The van der Waals surface area contributed by atoms with Crippen LogP contribution in [0.1, 0.15) is 23.2 Å². The first-order valence-electron chi connectivity index (χ1n) is 13.7. The Bertz CT molecular complexity index is 1940. The van der Waals surface area contributed by atoms with Crippen molar-refractivity contribution >= 4 is 50.3 Å². The highest BCUT2D eigenvalue weighted by Crippen LogP contribution is 2.42. The first-order chi connectivity index (χ1) is 20.1. The van der Waals surface area contributed by atoms with Crippen LogP contribution in [0.4, 0.5) is 20.2 Å². The molecular weight excluding hydrogens is 544 g/mol. The van der Waals surface area contributed by atoms with Crippen molar-refractivity contribution < 1.29 is 18.7 Å². The lowest BCUT2D eigenvalue weighted by Gasteiger charge is -2.29. The molecule has 1 saturated heterocycles. The Labute approximate surface area is 239 Å². The van der Waals surface area contributed by atoms with Gasteiger partial charge < -0.3 is 29.8 Å². The van der Waals surface area contributed by atoms with Crippen LogP contribution in [-0.2, 0) is 6.54 Å². The molecule has 3 N–H and O–H groups in total. The Kier molecular flexibility index (Phi) is 6.80. The fourth-order valence-electron chi connectivity index (χ4n) is 6.05. The smallest absolute Gasteiger partial charge is 0.341 e. The second-order valence-corrected chi connectivity index (χ2v) is 11.2. The van der Waals surface area contributed by atoms with Gasteiger partial charge in [0.15, 0.2) is 11.6 Å². The highest BCUT2D eigenvalue weighted by Gasteiger charge is 2.25. The number of aromatic carboxylic acids is 1. The number of aromatic nitrogens is 4. The van der Waals surface area contributed by atoms with E-state index in [-0.39, 0.29) is 16.3 Å². The minimum Gasteiger partial charge on any atom is -0.477 e. The molecule has 0 saturated carbocycles. The van der Waals surface area contributed by atoms with E-state index in [0.29, 0.717) is 57.2 Å². The Morgan fingerprint density at radius 2 is 1.90 bits per heavy atom. The third-order valence-electron chi connectivity index (χ3n) is 8.23. The van der Waals surface area contributed by atoms with Crippen molar-refractivity contribution in [2.45, 2.75) is 19.4 Å². The molecule has 0 atom stereocenters. The summed E-state index contributed by atoms with van der Waals surface area (Å²) >= 11 is 0. The van der Waals surface area contributed by atoms with E-state index in [9.17, 15) is 19.1 Å². The summed E-state index contributed by atoms with van der Waals surface area (Å²) in [4.78, 5) is 41.8. The van der Waals surface area contributed by atoms with E-state index in [4.69, 9.17) is 0 Å². The molecular formula is C30H31F2N7O3. The Balaban J connectivity index is 1.58. The number of H-pyrrole nitrogens is 1. The van der Waals surface area contributed by atoms with Crippen LogP contribution in [-0.4, -0.2) is 76.8 Å². The van der Waals surface area contributed by atoms with Crippen LogP contribution in [0, 0.1) is 17.6 Å². The molecule has 42 heavy (non-hydrogen) atoms. The molecule has 0 aliphatic carbocycles. The van der Waals surface area contributed by atoms with E-state index in [2.05, 4.69) is 32.2 Å². The monoisotopic (exact) mass is 575 g/mol. The molecule has 4 aromatic heterocycles. The van der Waals surface area contributed by atoms with Gasteiger partial charge in [0.1, 0.15) is 16.9 Å². The van der Waals surface area contributed by atoms with Crippen molar-refractivity contribution in [3.63, 3.8) is 0 Å². The number of pyridine rings is 3. The molecule has 1 aromatic carbocycles. The average Bonchev–Trinajstić information content (AvgIpc) is 3.36. The normalized spacial score (nSPS) is 14.7. The lowest BCUT2D eigenvalue weighted by Crippen LogP contribution is -2.32. The van der Waals surface area contributed by atoms with Crippen molar-refractivity contribution in [3.8, 4) is 11.1 Å². The van der Waals surface area contributed by atoms with Crippen LogP contribution in [0.3, 0.4) is 0 Å². The van der Waals surface area contributed by atoms with E-state index >= 15 is 4.39 Å². The van der Waals surface area contributed by atoms with Crippen LogP contribution < -0.4 is 15.6 Å². The first kappa shape index (κ1) is 27.6. The molecule has 5 aromatic rings. The topological polar surface area (TPSA) is 119 Å². The summed E-state index contributed by atoms with van der Waals surface area (Å²) in [5.41, 5.74) is 2.11. The van der Waals surface area contributed by atoms with Crippen molar-refractivity contribution in [1.29, 1.82) is 0 Å². The Hall–Kier alpha value is -4.58. The van der Waals surface area contributed by atoms with Gasteiger partial charge in [-0.1, -0.05) is 0 Å². The lowest BCUT2D eigenvalue weighted by atomic mass is 9.96. The third kappa shape index (κ3) is 4.42. The summed E-state index contributed by atoms with van der Waals surface area (Å²) in [6.07, 6.45) is 6.49. The van der Waals surface area contributed by atoms with Gasteiger partial charge in [0, 0.05) is 63.5 Å². The summed E-state index contributed by atoms with van der Waals surface area (Å²) in [5.74, 6) is -2.99. The van der Waals surface area contributed by atoms with Crippen molar-refractivity contribution in [2.24, 2.45) is 5.92 Å². The van der Waals surface area contributed by atoms with E-state index < -0.39 is 23.0 Å². The predicted octanol–water partition coefficient (Wildman–Crippen LogP) is 4.52. The third-order valence-corrected chi connectivity index (χ3v) is 8.23. The predicted molar refractivity (Wildman–Crippen MR) is 160 cm³/mol. The molecule has 0 spiro atoms. The number of nitrogens with one attached hydrogen (secondary N) is 2. The number of piperidine rings is 1. The number of anilines is 2. The molecule has 1 aliphatic rings. The molecule has 0 unspecified atom stereocenters. The number of carboxylic acid groups (broad SMARTS) is 1. The number of rotatable bonds is 6. The zero-order chi connectivity index (χ0) is 29.9. The number of halogens is 2. The number of hydrogen-bond donors (Lipinski definition) is 3. The van der Waals surface area contributed by atoms with Gasteiger partial charge in [0.2, 0.25) is 5.43 Å². The SMILES string of the molecule is CNc1cc(F)c(F)c2c1[nH]c1ncc(-c3cnc4c(c3)c(=O)c(C(=O)O)cn4CC3CCN(C)CC3)c(N(C)C)c12. The average molecular weight is 576 g/mol. The Morgan fingerprint density at radius 1 is 1.17 bits per heavy atom. The van der Waals surface area contributed by atoms with Gasteiger partial charge in [-0.05, 0) is 45.0 Å². The number of carbonyl (C=O) groups is 1. The first-order valence-corrected chi connectivity index (χ1v) is 13.7. The highest BCUT2D eigenvalue weighted by molar-refractivity contribution is 6.18. The molecule has 218 valence electrons. The number of fused-ring (bicyclic) bond motifs is 4. The van der Waals surface area contributed by atoms with Gasteiger partial charge >= 0.3 is 5.97 Å². The summed E-state index contributed by atoms with van der Waals surface area (Å²) in [6, 6.07) is 2.70. The summed E-state index contributed by atoms with van der Waals surface area (Å²) in [5, 5.41) is 13.3. The van der Waals surface area contributed by atoms with Gasteiger partial charge in [-0.15, -0.1) is 0 Å². The van der Waals surface area contributed by atoms with Crippen molar-refractivity contribution in [2.75, 3.05) is 51.5 Å². The molecule has 0 amide bonds. The minimum absolute atomic E-state index is 0.0507. The van der Waals surface area contributed by atoms with Crippen LogP contribution in [0.25, 0.3) is 44.1 Å². The van der Waals surface area contributed by atoms with Gasteiger partial charge in [-0.2, -0.15) is 0 Å². The number of aromatic amines is 1. The summed E-state index contributed by atoms with van der Waals surface area (Å²) in [6.45, 7) is 2.44. The van der Waals surface area contributed by atoms with Crippen LogP contribution >= 0.6 is 0 Å². The lowest BCUT2D eigenvalue weighted by molar-refractivity contribution is 0.0694. The molecule has 1 aliphatic heterocycles. The zero-order valence-corrected chi connectivity index (χ0v) is 23.8. The molecule has 10 nitrogen and oxygen atoms in total. The van der Waals surface area contributed by atoms with Gasteiger partial charge in [-0.25, -0.2) is 23.5 Å². The van der Waals surface area contributed by atoms with E-state index in [0.717, 1.165) is 32.0 Å². The molecule has 0 bridgehead atoms. The minimum atomic E-state index is -1.31. The maximum absolute atomic E-state index is 15.3. The maximum atomic E-state index is 15.3. The molecule has 12 heteroatoms. The fraction of sp³-hybridized carbons (Fsp3) is 0.333. The molecule has 1 fully saturated rings. The van der Waals surface area contributed by atoms with Crippen molar-refractivity contribution in [1.82, 2.24) is 24.4 Å². The summed E-state index contributed by atoms with van der Waals surface area (Å²) < 4.78 is 31.7. The van der Waals surface area contributed by atoms with Crippen molar-refractivity contribution in [3.05, 3.63) is 58.1 Å². The molecule has 0 radical (unpaired) electrons. The highest BCUT2D eigenvalue weighted by atomic mass is 19.2. The second-order valence-electron chi connectivity index (χ2n) is 11.2.